The van der Waals surface area contributed by atoms with Crippen LogP contribution in [0.15, 0.2) is 72.0 Å². The first kappa shape index (κ1) is 18.9. The molecule has 1 amide bonds. The monoisotopic (exact) mass is 378 g/mol. The summed E-state index contributed by atoms with van der Waals surface area (Å²) >= 11 is 1.47. The Morgan fingerprint density at radius 2 is 2.00 bits per heavy atom. The molecule has 2 N–H and O–H groups in total. The summed E-state index contributed by atoms with van der Waals surface area (Å²) in [4.78, 5) is 13.9. The van der Waals surface area contributed by atoms with E-state index in [1.54, 1.807) is 17.5 Å². The van der Waals surface area contributed by atoms with E-state index < -0.39 is 0 Å². The fraction of sp³-hybridized carbons (Fsp3) is 0.136. The van der Waals surface area contributed by atoms with Crippen molar-refractivity contribution in [2.75, 3.05) is 0 Å². The number of hydrogen-bond donors (Lipinski definition) is 2. The van der Waals surface area contributed by atoms with Gasteiger partial charge in [0.15, 0.2) is 0 Å². The predicted octanol–water partition coefficient (Wildman–Crippen LogP) is 4.98. The van der Waals surface area contributed by atoms with Crippen LogP contribution in [0.4, 0.5) is 0 Å². The van der Waals surface area contributed by atoms with Gasteiger partial charge in [-0.2, -0.15) is 0 Å². The largest absolute Gasteiger partial charge is 0.508 e. The standard InChI is InChI=1S/C22H22N2O2S/c1-4-27-15(2)14-24-16(3)21(19-12-18(25)10-11-20(19)24)22(26)23-13-17-8-6-5-7-9-17/h4-12,25H,1-2,13-14H2,3H3,(H,23,26). The Kier molecular flexibility index (Phi) is 5.72. The summed E-state index contributed by atoms with van der Waals surface area (Å²) in [5.41, 5.74) is 3.34. The molecule has 0 spiro atoms. The van der Waals surface area contributed by atoms with E-state index in [0.717, 1.165) is 27.1 Å². The van der Waals surface area contributed by atoms with E-state index in [9.17, 15) is 9.90 Å². The summed E-state index contributed by atoms with van der Waals surface area (Å²) in [6.45, 7) is 10.7. The van der Waals surface area contributed by atoms with Gasteiger partial charge in [-0.1, -0.05) is 43.5 Å². The topological polar surface area (TPSA) is 54.3 Å². The Balaban J connectivity index is 1.97. The first-order valence-corrected chi connectivity index (χ1v) is 9.48. The highest BCUT2D eigenvalue weighted by molar-refractivity contribution is 8.05. The van der Waals surface area contributed by atoms with Crippen molar-refractivity contribution in [3.63, 3.8) is 0 Å². The molecule has 2 aromatic carbocycles. The molecular formula is C22H22N2O2S. The number of benzene rings is 2. The van der Waals surface area contributed by atoms with Crippen molar-refractivity contribution in [1.82, 2.24) is 9.88 Å². The van der Waals surface area contributed by atoms with Crippen LogP contribution in [0.5, 0.6) is 5.75 Å². The van der Waals surface area contributed by atoms with Gasteiger partial charge in [0.25, 0.3) is 5.91 Å². The van der Waals surface area contributed by atoms with Crippen molar-refractivity contribution >= 4 is 28.6 Å². The SMILES string of the molecule is C=CSC(=C)Cn1c(C)c(C(=O)NCc2ccccc2)c2cc(O)ccc21. The van der Waals surface area contributed by atoms with Gasteiger partial charge in [-0.05, 0) is 36.1 Å². The van der Waals surface area contributed by atoms with Gasteiger partial charge in [-0.3, -0.25) is 4.79 Å². The van der Waals surface area contributed by atoms with E-state index in [1.165, 1.54) is 11.8 Å². The van der Waals surface area contributed by atoms with E-state index >= 15 is 0 Å². The number of phenols is 1. The van der Waals surface area contributed by atoms with Gasteiger partial charge in [0.2, 0.25) is 0 Å². The van der Waals surface area contributed by atoms with Crippen molar-refractivity contribution in [3.05, 3.63) is 88.8 Å². The first-order chi connectivity index (χ1) is 13.0. The molecule has 0 aliphatic carbocycles. The summed E-state index contributed by atoms with van der Waals surface area (Å²) in [6, 6.07) is 14.9. The number of nitrogens with one attached hydrogen (secondary N) is 1. The first-order valence-electron chi connectivity index (χ1n) is 8.60. The normalized spacial score (nSPS) is 10.7. The minimum Gasteiger partial charge on any atom is -0.508 e. The van der Waals surface area contributed by atoms with Crippen LogP contribution in [-0.4, -0.2) is 15.6 Å². The molecule has 5 heteroatoms. The maximum Gasteiger partial charge on any atom is 0.254 e. The molecule has 0 unspecified atom stereocenters. The fourth-order valence-corrected chi connectivity index (χ4v) is 3.60. The van der Waals surface area contributed by atoms with Crippen LogP contribution in [0.2, 0.25) is 0 Å². The van der Waals surface area contributed by atoms with Crippen molar-refractivity contribution in [2.24, 2.45) is 0 Å². The van der Waals surface area contributed by atoms with Crippen LogP contribution >= 0.6 is 11.8 Å². The molecule has 27 heavy (non-hydrogen) atoms. The molecular weight excluding hydrogens is 356 g/mol. The highest BCUT2D eigenvalue weighted by atomic mass is 32.2. The van der Waals surface area contributed by atoms with Gasteiger partial charge in [0, 0.05) is 28.0 Å². The van der Waals surface area contributed by atoms with Crippen molar-refractivity contribution in [1.29, 1.82) is 0 Å². The number of aromatic hydroxyl groups is 1. The predicted molar refractivity (Wildman–Crippen MR) is 113 cm³/mol. The summed E-state index contributed by atoms with van der Waals surface area (Å²) < 4.78 is 2.05. The average molecular weight is 378 g/mol. The molecule has 0 radical (unpaired) electrons. The second-order valence-electron chi connectivity index (χ2n) is 6.24. The molecule has 3 aromatic rings. The zero-order valence-corrected chi connectivity index (χ0v) is 16.1. The van der Waals surface area contributed by atoms with Crippen LogP contribution in [0.1, 0.15) is 21.6 Å². The van der Waals surface area contributed by atoms with E-state index in [0.29, 0.717) is 18.7 Å². The molecule has 138 valence electrons. The molecule has 0 atom stereocenters. The van der Waals surface area contributed by atoms with Gasteiger partial charge in [-0.25, -0.2) is 0 Å². The lowest BCUT2D eigenvalue weighted by molar-refractivity contribution is 0.0951. The van der Waals surface area contributed by atoms with Gasteiger partial charge >= 0.3 is 0 Å². The van der Waals surface area contributed by atoms with E-state index in [2.05, 4.69) is 18.5 Å². The zero-order valence-electron chi connectivity index (χ0n) is 15.2. The Morgan fingerprint density at radius 1 is 1.26 bits per heavy atom. The molecule has 0 saturated heterocycles. The summed E-state index contributed by atoms with van der Waals surface area (Å²) in [7, 11) is 0. The lowest BCUT2D eigenvalue weighted by Crippen LogP contribution is -2.23. The third-order valence-corrected chi connectivity index (χ3v) is 5.04. The number of fused-ring (bicyclic) bond motifs is 1. The smallest absolute Gasteiger partial charge is 0.254 e. The molecule has 0 aliphatic rings. The Morgan fingerprint density at radius 3 is 2.70 bits per heavy atom. The molecule has 3 rings (SSSR count). The number of carbonyl (C=O) groups is 1. The van der Waals surface area contributed by atoms with Crippen molar-refractivity contribution in [3.8, 4) is 5.75 Å². The minimum atomic E-state index is -0.160. The zero-order chi connectivity index (χ0) is 19.4. The highest BCUT2D eigenvalue weighted by Gasteiger charge is 2.20. The Bertz CT molecular complexity index is 1010. The quantitative estimate of drug-likeness (QED) is 0.610. The van der Waals surface area contributed by atoms with E-state index in [4.69, 9.17) is 0 Å². The van der Waals surface area contributed by atoms with E-state index in [1.807, 2.05) is 47.9 Å². The lowest BCUT2D eigenvalue weighted by atomic mass is 10.1. The van der Waals surface area contributed by atoms with Gasteiger partial charge in [-0.15, -0.1) is 11.8 Å². The second kappa shape index (κ2) is 8.18. The molecule has 0 fully saturated rings. The van der Waals surface area contributed by atoms with Crippen LogP contribution in [0, 0.1) is 6.92 Å². The van der Waals surface area contributed by atoms with Gasteiger partial charge in [0.05, 0.1) is 12.1 Å². The number of thioether (sulfide) groups is 1. The lowest BCUT2D eigenvalue weighted by Gasteiger charge is -2.10. The molecule has 0 saturated carbocycles. The number of carbonyl (C=O) groups excluding carboxylic acids is 1. The summed E-state index contributed by atoms with van der Waals surface area (Å²) in [5, 5.41) is 15.4. The average Bonchev–Trinajstić information content (AvgIpc) is 2.92. The number of allylic oxidation sites excluding steroid dienone is 1. The summed E-state index contributed by atoms with van der Waals surface area (Å²) in [6.07, 6.45) is 0. The number of amides is 1. The van der Waals surface area contributed by atoms with Crippen LogP contribution in [0.3, 0.4) is 0 Å². The molecule has 0 bridgehead atoms. The maximum absolute atomic E-state index is 12.9. The number of rotatable bonds is 7. The third-order valence-electron chi connectivity index (χ3n) is 4.41. The maximum atomic E-state index is 12.9. The van der Waals surface area contributed by atoms with Crippen LogP contribution in [-0.2, 0) is 13.1 Å². The Hall–Kier alpha value is -2.92. The Labute approximate surface area is 163 Å². The van der Waals surface area contributed by atoms with Crippen molar-refractivity contribution < 1.29 is 9.90 Å². The number of aromatic nitrogens is 1. The molecule has 1 heterocycles. The molecule has 1 aromatic heterocycles. The summed E-state index contributed by atoms with van der Waals surface area (Å²) in [5.74, 6) is -0.0243. The third kappa shape index (κ3) is 4.09. The molecule has 0 aliphatic heterocycles. The minimum absolute atomic E-state index is 0.135. The number of nitrogens with zero attached hydrogens (tertiary/aromatic N) is 1. The highest BCUT2D eigenvalue weighted by Crippen LogP contribution is 2.31. The number of hydrogen-bond acceptors (Lipinski definition) is 3. The second-order valence-corrected chi connectivity index (χ2v) is 7.39. The fourth-order valence-electron chi connectivity index (χ4n) is 3.16. The van der Waals surface area contributed by atoms with Crippen LogP contribution in [0.25, 0.3) is 10.9 Å². The van der Waals surface area contributed by atoms with Crippen molar-refractivity contribution in [2.45, 2.75) is 20.0 Å². The molecule has 4 nitrogen and oxygen atoms in total. The number of phenolic OH excluding ortho intramolecular Hbond substituents is 1. The van der Waals surface area contributed by atoms with Gasteiger partial charge in [0.1, 0.15) is 5.75 Å². The van der Waals surface area contributed by atoms with Crippen LogP contribution < -0.4 is 5.32 Å². The van der Waals surface area contributed by atoms with E-state index in [-0.39, 0.29) is 11.7 Å². The van der Waals surface area contributed by atoms with Gasteiger partial charge < -0.3 is 15.0 Å².